The van der Waals surface area contributed by atoms with Gasteiger partial charge in [-0.25, -0.2) is 4.68 Å². The van der Waals surface area contributed by atoms with Gasteiger partial charge in [-0.15, -0.1) is 5.10 Å². The van der Waals surface area contributed by atoms with Crippen LogP contribution in [0.15, 0.2) is 192 Å². The van der Waals surface area contributed by atoms with E-state index in [1.165, 1.54) is 16.2 Å². The fourth-order valence-electron chi connectivity index (χ4n) is 8.82. The van der Waals surface area contributed by atoms with Crippen LogP contribution in [0.1, 0.15) is 0 Å². The minimum Gasteiger partial charge on any atom is -0.456 e. The molecule has 262 valence electrons. The maximum atomic E-state index is 6.45. The molecule has 0 spiro atoms. The fourth-order valence-corrected chi connectivity index (χ4v) is 8.82. The molecule has 6 nitrogen and oxygen atoms in total. The summed E-state index contributed by atoms with van der Waals surface area (Å²) in [4.78, 5) is 0. The Morgan fingerprint density at radius 2 is 1.02 bits per heavy atom. The molecular formula is C50H31N5O. The summed E-state index contributed by atoms with van der Waals surface area (Å²) < 4.78 is 13.3. The van der Waals surface area contributed by atoms with Crippen LogP contribution in [0.3, 0.4) is 0 Å². The maximum Gasteiger partial charge on any atom is 0.137 e. The number of hydrogen-bond acceptors (Lipinski definition) is 3. The predicted octanol–water partition coefficient (Wildman–Crippen LogP) is 12.7. The molecule has 0 unspecified atom stereocenters. The van der Waals surface area contributed by atoms with Crippen LogP contribution in [0.25, 0.3) is 105 Å². The standard InChI is InChI=1S/C50H31N5O/c1-3-15-32(16-4-1)48-49(55(52-51-48)34-17-5-2-6-18-34)33-27-29-42-39(31-33)36-20-8-10-22-40(36)53(42)43-24-12-13-25-44(43)54-41-23-11-7-19-35(41)37-28-30-46-47(50(37)54)38-21-9-14-26-45(38)56-46/h1-31H. The lowest BCUT2D eigenvalue weighted by atomic mass is 10.0. The van der Waals surface area contributed by atoms with Crippen molar-refractivity contribution >= 4 is 65.6 Å². The van der Waals surface area contributed by atoms with Crippen molar-refractivity contribution in [2.24, 2.45) is 0 Å². The quantitative estimate of drug-likeness (QED) is 0.178. The number of nitrogens with zero attached hydrogens (tertiary/aromatic N) is 5. The van der Waals surface area contributed by atoms with Gasteiger partial charge in [0.15, 0.2) is 0 Å². The molecule has 0 saturated carbocycles. The summed E-state index contributed by atoms with van der Waals surface area (Å²) in [5.74, 6) is 0. The first kappa shape index (κ1) is 30.7. The molecule has 6 heteroatoms. The highest BCUT2D eigenvalue weighted by Crippen LogP contribution is 2.43. The van der Waals surface area contributed by atoms with Crippen LogP contribution in [0.2, 0.25) is 0 Å². The number of hydrogen-bond donors (Lipinski definition) is 0. The molecule has 0 atom stereocenters. The molecule has 56 heavy (non-hydrogen) atoms. The van der Waals surface area contributed by atoms with Crippen molar-refractivity contribution in [2.75, 3.05) is 0 Å². The third kappa shape index (κ3) is 4.38. The molecule has 0 radical (unpaired) electrons. The summed E-state index contributed by atoms with van der Waals surface area (Å²) in [5.41, 5.74) is 13.3. The highest BCUT2D eigenvalue weighted by Gasteiger charge is 2.24. The topological polar surface area (TPSA) is 53.7 Å². The van der Waals surface area contributed by atoms with Crippen molar-refractivity contribution < 1.29 is 4.42 Å². The van der Waals surface area contributed by atoms with Gasteiger partial charge in [-0.3, -0.25) is 0 Å². The molecule has 4 aromatic heterocycles. The highest BCUT2D eigenvalue weighted by atomic mass is 16.3. The summed E-state index contributed by atoms with van der Waals surface area (Å²) in [6.07, 6.45) is 0. The number of fused-ring (bicyclic) bond motifs is 10. The lowest BCUT2D eigenvalue weighted by Gasteiger charge is -2.17. The number of furan rings is 1. The van der Waals surface area contributed by atoms with Crippen molar-refractivity contribution in [1.82, 2.24) is 24.1 Å². The Hall–Kier alpha value is -7.70. The third-order valence-corrected chi connectivity index (χ3v) is 11.2. The van der Waals surface area contributed by atoms with Gasteiger partial charge in [0.05, 0.1) is 44.5 Å². The van der Waals surface area contributed by atoms with E-state index in [2.05, 4.69) is 155 Å². The second kappa shape index (κ2) is 11.9. The van der Waals surface area contributed by atoms with E-state index in [1.807, 2.05) is 47.1 Å². The Bertz CT molecular complexity index is 3420. The van der Waals surface area contributed by atoms with Gasteiger partial charge in [-0.2, -0.15) is 0 Å². The molecule has 0 bridgehead atoms. The van der Waals surface area contributed by atoms with Crippen LogP contribution in [0.5, 0.6) is 0 Å². The average Bonchev–Trinajstić information content (AvgIpc) is 4.03. The van der Waals surface area contributed by atoms with E-state index >= 15 is 0 Å². The van der Waals surface area contributed by atoms with E-state index in [0.29, 0.717) is 0 Å². The SMILES string of the molecule is c1ccc(-c2nnn(-c3ccccc3)c2-c2ccc3c(c2)c2ccccc2n3-c2ccccc2-n2c3ccccc3c3ccc4oc5ccccc5c4c32)cc1. The predicted molar refractivity (Wildman–Crippen MR) is 228 cm³/mol. The zero-order valence-corrected chi connectivity index (χ0v) is 30.0. The first-order chi connectivity index (χ1) is 27.8. The second-order valence-electron chi connectivity index (χ2n) is 14.3. The highest BCUT2D eigenvalue weighted by molar-refractivity contribution is 6.24. The van der Waals surface area contributed by atoms with E-state index in [9.17, 15) is 0 Å². The average molecular weight is 718 g/mol. The van der Waals surface area contributed by atoms with Crippen molar-refractivity contribution in [3.63, 3.8) is 0 Å². The third-order valence-electron chi connectivity index (χ3n) is 11.2. The van der Waals surface area contributed by atoms with E-state index in [1.54, 1.807) is 0 Å². The molecule has 0 fully saturated rings. The zero-order chi connectivity index (χ0) is 36.7. The summed E-state index contributed by atoms with van der Waals surface area (Å²) in [6, 6.07) is 66.2. The van der Waals surface area contributed by atoms with Crippen LogP contribution in [0.4, 0.5) is 0 Å². The van der Waals surface area contributed by atoms with Crippen molar-refractivity contribution in [3.05, 3.63) is 188 Å². The Morgan fingerprint density at radius 1 is 0.411 bits per heavy atom. The summed E-state index contributed by atoms with van der Waals surface area (Å²) >= 11 is 0. The first-order valence-corrected chi connectivity index (χ1v) is 18.9. The number of benzene rings is 8. The second-order valence-corrected chi connectivity index (χ2v) is 14.3. The molecule has 0 aliphatic rings. The smallest absolute Gasteiger partial charge is 0.137 e. The van der Waals surface area contributed by atoms with Gasteiger partial charge in [0.2, 0.25) is 0 Å². The number of rotatable bonds is 5. The van der Waals surface area contributed by atoms with Crippen LogP contribution in [-0.2, 0) is 0 Å². The van der Waals surface area contributed by atoms with E-state index in [0.717, 1.165) is 89.0 Å². The molecular weight excluding hydrogens is 687 g/mol. The van der Waals surface area contributed by atoms with Crippen molar-refractivity contribution in [1.29, 1.82) is 0 Å². The molecule has 8 aromatic carbocycles. The van der Waals surface area contributed by atoms with E-state index in [4.69, 9.17) is 14.7 Å². The van der Waals surface area contributed by atoms with Crippen LogP contribution in [-0.4, -0.2) is 24.1 Å². The van der Waals surface area contributed by atoms with Gasteiger partial charge < -0.3 is 13.6 Å². The molecule has 0 aliphatic heterocycles. The maximum absolute atomic E-state index is 6.45. The molecule has 12 rings (SSSR count). The van der Waals surface area contributed by atoms with Gasteiger partial charge >= 0.3 is 0 Å². The van der Waals surface area contributed by atoms with Crippen molar-refractivity contribution in [3.8, 4) is 39.6 Å². The monoisotopic (exact) mass is 717 g/mol. The van der Waals surface area contributed by atoms with Gasteiger partial charge in [0.25, 0.3) is 0 Å². The van der Waals surface area contributed by atoms with Gasteiger partial charge in [-0.05, 0) is 66.7 Å². The lowest BCUT2D eigenvalue weighted by Crippen LogP contribution is -2.03. The van der Waals surface area contributed by atoms with Crippen molar-refractivity contribution in [2.45, 2.75) is 0 Å². The van der Waals surface area contributed by atoms with E-state index in [-0.39, 0.29) is 0 Å². The normalized spacial score (nSPS) is 11.9. The Balaban J connectivity index is 1.14. The van der Waals surface area contributed by atoms with Crippen LogP contribution < -0.4 is 0 Å². The largest absolute Gasteiger partial charge is 0.456 e. The fraction of sp³-hybridized carbons (Fsp3) is 0. The molecule has 12 aromatic rings. The summed E-state index contributed by atoms with van der Waals surface area (Å²) in [5, 5.41) is 16.4. The Kier molecular flexibility index (Phi) is 6.53. The zero-order valence-electron chi connectivity index (χ0n) is 30.0. The minimum atomic E-state index is 0.840. The van der Waals surface area contributed by atoms with E-state index < -0.39 is 0 Å². The Morgan fingerprint density at radius 3 is 1.80 bits per heavy atom. The number of aromatic nitrogens is 5. The van der Waals surface area contributed by atoms with Gasteiger partial charge in [0.1, 0.15) is 22.6 Å². The molecule has 0 N–H and O–H groups in total. The first-order valence-electron chi connectivity index (χ1n) is 18.9. The van der Waals surface area contributed by atoms with Crippen LogP contribution >= 0.6 is 0 Å². The molecule has 0 aliphatic carbocycles. The minimum absolute atomic E-state index is 0.840. The molecule has 4 heterocycles. The molecule has 0 amide bonds. The summed E-state index contributed by atoms with van der Waals surface area (Å²) in [6.45, 7) is 0. The van der Waals surface area contributed by atoms with Gasteiger partial charge in [-0.1, -0.05) is 127 Å². The Labute approximate surface area is 320 Å². The summed E-state index contributed by atoms with van der Waals surface area (Å²) in [7, 11) is 0. The molecule has 0 saturated heterocycles. The van der Waals surface area contributed by atoms with Crippen LogP contribution in [0, 0.1) is 0 Å². The lowest BCUT2D eigenvalue weighted by molar-refractivity contribution is 0.669. The van der Waals surface area contributed by atoms with Gasteiger partial charge in [0, 0.05) is 38.1 Å². The number of para-hydroxylation sites is 6.